The van der Waals surface area contributed by atoms with Crippen molar-refractivity contribution in [1.82, 2.24) is 10.3 Å². The van der Waals surface area contributed by atoms with Gasteiger partial charge in [0, 0.05) is 16.8 Å². The van der Waals surface area contributed by atoms with E-state index >= 15 is 0 Å². The molecule has 2 aromatic rings. The van der Waals surface area contributed by atoms with Gasteiger partial charge in [-0.15, -0.1) is 22.7 Å². The van der Waals surface area contributed by atoms with Gasteiger partial charge in [-0.25, -0.2) is 4.98 Å². The van der Waals surface area contributed by atoms with Crippen LogP contribution in [0.5, 0.6) is 0 Å². The Morgan fingerprint density at radius 2 is 2.47 bits per heavy atom. The second-order valence-corrected chi connectivity index (χ2v) is 5.90. The lowest BCUT2D eigenvalue weighted by atomic mass is 10.1. The van der Waals surface area contributed by atoms with Crippen molar-refractivity contribution in [3.05, 3.63) is 32.6 Å². The predicted octanol–water partition coefficient (Wildman–Crippen LogP) is 1.97. The number of nitriles is 1. The van der Waals surface area contributed by atoms with Gasteiger partial charge in [0.1, 0.15) is 16.8 Å². The summed E-state index contributed by atoms with van der Waals surface area (Å²) in [6.45, 7) is 1.64. The Kier molecular flexibility index (Phi) is 3.29. The van der Waals surface area contributed by atoms with E-state index in [1.54, 1.807) is 10.9 Å². The molecule has 0 spiro atoms. The Labute approximate surface area is 117 Å². The Balaban J connectivity index is 1.91. The smallest absolute Gasteiger partial charge is 0.275 e. The van der Waals surface area contributed by atoms with Crippen LogP contribution in [0.4, 0.5) is 5.00 Å². The molecule has 0 radical (unpaired) electrons. The van der Waals surface area contributed by atoms with Crippen LogP contribution < -0.4 is 10.6 Å². The number of fused-ring (bicyclic) bond motifs is 1. The Morgan fingerprint density at radius 1 is 1.58 bits per heavy atom. The highest BCUT2D eigenvalue weighted by Crippen LogP contribution is 2.34. The van der Waals surface area contributed by atoms with Gasteiger partial charge in [-0.2, -0.15) is 5.26 Å². The molecule has 0 unspecified atom stereocenters. The quantitative estimate of drug-likeness (QED) is 0.886. The van der Waals surface area contributed by atoms with Crippen LogP contribution in [0.15, 0.2) is 10.9 Å². The van der Waals surface area contributed by atoms with Crippen LogP contribution in [0, 0.1) is 11.3 Å². The molecule has 0 bridgehead atoms. The van der Waals surface area contributed by atoms with Gasteiger partial charge in [-0.3, -0.25) is 4.79 Å². The summed E-state index contributed by atoms with van der Waals surface area (Å²) in [6.07, 6.45) is 0.835. The third-order valence-electron chi connectivity index (χ3n) is 2.93. The van der Waals surface area contributed by atoms with Gasteiger partial charge in [0.25, 0.3) is 5.91 Å². The number of nitrogens with one attached hydrogen (secondary N) is 2. The van der Waals surface area contributed by atoms with Crippen LogP contribution in [0.3, 0.4) is 0 Å². The molecular formula is C12H10N4OS2. The third kappa shape index (κ3) is 2.26. The standard InChI is InChI=1S/C12H10N4OS2/c13-3-8-7-1-2-14-4-10(7)19-12(8)16-11(17)9-5-18-6-15-9/h5-6,14H,1-2,4H2,(H,16,17). The van der Waals surface area contributed by atoms with Gasteiger partial charge >= 0.3 is 0 Å². The minimum atomic E-state index is -0.260. The molecule has 0 saturated heterocycles. The van der Waals surface area contributed by atoms with Gasteiger partial charge in [0.15, 0.2) is 0 Å². The first-order valence-electron chi connectivity index (χ1n) is 5.74. The predicted molar refractivity (Wildman–Crippen MR) is 74.5 cm³/mol. The van der Waals surface area contributed by atoms with E-state index in [4.69, 9.17) is 0 Å². The number of hydrogen-bond acceptors (Lipinski definition) is 6. The highest BCUT2D eigenvalue weighted by molar-refractivity contribution is 7.16. The van der Waals surface area contributed by atoms with Crippen molar-refractivity contribution in [1.29, 1.82) is 5.26 Å². The van der Waals surface area contributed by atoms with Crippen molar-refractivity contribution in [2.45, 2.75) is 13.0 Å². The second-order valence-electron chi connectivity index (χ2n) is 4.07. The van der Waals surface area contributed by atoms with Crippen molar-refractivity contribution in [2.24, 2.45) is 0 Å². The third-order valence-corrected chi connectivity index (χ3v) is 4.67. The topological polar surface area (TPSA) is 77.8 Å². The molecular weight excluding hydrogens is 280 g/mol. The number of thiophene rings is 1. The highest BCUT2D eigenvalue weighted by Gasteiger charge is 2.22. The summed E-state index contributed by atoms with van der Waals surface area (Å²) in [5.74, 6) is -0.260. The summed E-state index contributed by atoms with van der Waals surface area (Å²) in [4.78, 5) is 17.1. The maximum absolute atomic E-state index is 12.0. The summed E-state index contributed by atoms with van der Waals surface area (Å²) in [6, 6.07) is 2.20. The van der Waals surface area contributed by atoms with E-state index in [9.17, 15) is 10.1 Å². The average Bonchev–Trinajstić information content (AvgIpc) is 3.05. The molecule has 96 valence electrons. The molecule has 1 aliphatic rings. The molecule has 0 aliphatic carbocycles. The van der Waals surface area contributed by atoms with Crippen LogP contribution in [-0.4, -0.2) is 17.4 Å². The summed E-state index contributed by atoms with van der Waals surface area (Å²) >= 11 is 2.84. The Hall–Kier alpha value is -1.75. The van der Waals surface area contributed by atoms with Gasteiger partial charge < -0.3 is 10.6 Å². The van der Waals surface area contributed by atoms with Gasteiger partial charge in [-0.1, -0.05) is 0 Å². The zero-order valence-corrected chi connectivity index (χ0v) is 11.5. The van der Waals surface area contributed by atoms with E-state index in [1.807, 2.05) is 0 Å². The number of carbonyl (C=O) groups excluding carboxylic acids is 1. The molecule has 3 rings (SSSR count). The van der Waals surface area contributed by atoms with Crippen LogP contribution >= 0.6 is 22.7 Å². The van der Waals surface area contributed by atoms with E-state index < -0.39 is 0 Å². The van der Waals surface area contributed by atoms with Crippen molar-refractivity contribution >= 4 is 33.6 Å². The minimum absolute atomic E-state index is 0.260. The van der Waals surface area contributed by atoms with Gasteiger partial charge in [0.2, 0.25) is 0 Å². The van der Waals surface area contributed by atoms with E-state index in [0.717, 1.165) is 30.0 Å². The van der Waals surface area contributed by atoms with Gasteiger partial charge in [0.05, 0.1) is 11.1 Å². The fourth-order valence-corrected chi connectivity index (χ4v) is 3.73. The van der Waals surface area contributed by atoms with Crippen molar-refractivity contribution in [3.8, 4) is 6.07 Å². The summed E-state index contributed by atoms with van der Waals surface area (Å²) < 4.78 is 0. The number of aromatic nitrogens is 1. The number of rotatable bonds is 2. The Morgan fingerprint density at radius 3 is 3.21 bits per heavy atom. The molecule has 2 aromatic heterocycles. The number of hydrogen-bond donors (Lipinski definition) is 2. The molecule has 19 heavy (non-hydrogen) atoms. The zero-order valence-electron chi connectivity index (χ0n) is 9.90. The zero-order chi connectivity index (χ0) is 13.2. The molecule has 7 heteroatoms. The van der Waals surface area contributed by atoms with E-state index in [0.29, 0.717) is 16.3 Å². The van der Waals surface area contributed by atoms with Crippen LogP contribution in [-0.2, 0) is 13.0 Å². The van der Waals surface area contributed by atoms with Crippen LogP contribution in [0.25, 0.3) is 0 Å². The number of nitrogens with zero attached hydrogens (tertiary/aromatic N) is 2. The lowest BCUT2D eigenvalue weighted by Gasteiger charge is -2.11. The maximum atomic E-state index is 12.0. The summed E-state index contributed by atoms with van der Waals surface area (Å²) in [7, 11) is 0. The summed E-state index contributed by atoms with van der Waals surface area (Å²) in [5.41, 5.74) is 3.67. The highest BCUT2D eigenvalue weighted by atomic mass is 32.1. The van der Waals surface area contributed by atoms with Crippen molar-refractivity contribution in [2.75, 3.05) is 11.9 Å². The lowest BCUT2D eigenvalue weighted by Crippen LogP contribution is -2.22. The van der Waals surface area contributed by atoms with Crippen molar-refractivity contribution < 1.29 is 4.79 Å². The molecule has 3 heterocycles. The number of carbonyl (C=O) groups is 1. The molecule has 0 atom stereocenters. The molecule has 1 amide bonds. The largest absolute Gasteiger partial charge is 0.312 e. The monoisotopic (exact) mass is 290 g/mol. The number of anilines is 1. The minimum Gasteiger partial charge on any atom is -0.312 e. The van der Waals surface area contributed by atoms with Crippen LogP contribution in [0.1, 0.15) is 26.5 Å². The molecule has 0 saturated carbocycles. The fraction of sp³-hybridized carbons (Fsp3) is 0.250. The van der Waals surface area contributed by atoms with E-state index in [-0.39, 0.29) is 5.91 Å². The first-order chi connectivity index (χ1) is 9.29. The van der Waals surface area contributed by atoms with Crippen LogP contribution in [0.2, 0.25) is 0 Å². The van der Waals surface area contributed by atoms with Crippen molar-refractivity contribution in [3.63, 3.8) is 0 Å². The molecule has 2 N–H and O–H groups in total. The maximum Gasteiger partial charge on any atom is 0.275 e. The average molecular weight is 290 g/mol. The molecule has 5 nitrogen and oxygen atoms in total. The number of amides is 1. The SMILES string of the molecule is N#Cc1c(NC(=O)c2cscn2)sc2c1CCNC2. The lowest BCUT2D eigenvalue weighted by molar-refractivity contribution is 0.102. The molecule has 0 aromatic carbocycles. The number of thiazole rings is 1. The summed E-state index contributed by atoms with van der Waals surface area (Å²) in [5, 5.41) is 17.7. The molecule has 1 aliphatic heterocycles. The first kappa shape index (κ1) is 12.3. The van der Waals surface area contributed by atoms with E-state index in [2.05, 4.69) is 21.7 Å². The van der Waals surface area contributed by atoms with Gasteiger partial charge in [-0.05, 0) is 18.5 Å². The Bertz CT molecular complexity index is 654. The van der Waals surface area contributed by atoms with E-state index in [1.165, 1.54) is 22.7 Å². The first-order valence-corrected chi connectivity index (χ1v) is 7.50. The second kappa shape index (κ2) is 5.09. The fourth-order valence-electron chi connectivity index (χ4n) is 2.03. The normalized spacial score (nSPS) is 13.6. The molecule has 0 fully saturated rings.